The van der Waals surface area contributed by atoms with Gasteiger partial charge in [-0.15, -0.1) is 11.3 Å². The average molecular weight is 248 g/mol. The Hall–Kier alpha value is -1.20. The van der Waals surface area contributed by atoms with Crippen molar-refractivity contribution in [3.63, 3.8) is 0 Å². The van der Waals surface area contributed by atoms with Crippen LogP contribution in [0.2, 0.25) is 0 Å². The summed E-state index contributed by atoms with van der Waals surface area (Å²) in [5, 5.41) is 10.8. The largest absolute Gasteiger partial charge is 0.314 e. The minimum atomic E-state index is 0.813. The van der Waals surface area contributed by atoms with E-state index in [0.717, 1.165) is 24.1 Å². The maximum Gasteiger partial charge on any atom is 0.210 e. The van der Waals surface area contributed by atoms with Crippen molar-refractivity contribution >= 4 is 11.3 Å². The summed E-state index contributed by atoms with van der Waals surface area (Å²) < 4.78 is 1.86. The number of rotatable bonds is 6. The Morgan fingerprint density at radius 3 is 3.18 bits per heavy atom. The maximum atomic E-state index is 4.33. The van der Waals surface area contributed by atoms with Gasteiger partial charge in [-0.05, 0) is 37.8 Å². The van der Waals surface area contributed by atoms with E-state index in [1.165, 1.54) is 24.8 Å². The van der Waals surface area contributed by atoms with Gasteiger partial charge in [-0.2, -0.15) is 5.10 Å². The first-order valence-electron chi connectivity index (χ1n) is 6.08. The Kier molecular flexibility index (Phi) is 3.20. The van der Waals surface area contributed by atoms with Gasteiger partial charge < -0.3 is 5.32 Å². The molecule has 1 aliphatic carbocycles. The molecule has 2 aromatic rings. The molecule has 0 amide bonds. The Bertz CT molecular complexity index is 459. The monoisotopic (exact) mass is 248 g/mol. The molecule has 1 saturated carbocycles. The Morgan fingerprint density at radius 1 is 1.47 bits per heavy atom. The van der Waals surface area contributed by atoms with Gasteiger partial charge in [-0.1, -0.05) is 0 Å². The van der Waals surface area contributed by atoms with Gasteiger partial charge in [0.25, 0.3) is 0 Å². The maximum absolute atomic E-state index is 4.33. The van der Waals surface area contributed by atoms with Crippen molar-refractivity contribution in [1.29, 1.82) is 0 Å². The van der Waals surface area contributed by atoms with Crippen LogP contribution in [-0.2, 0) is 6.42 Å². The van der Waals surface area contributed by atoms with Crippen LogP contribution in [0.15, 0.2) is 24.0 Å². The zero-order chi connectivity index (χ0) is 11.5. The fourth-order valence-electron chi connectivity index (χ4n) is 1.81. The molecule has 0 radical (unpaired) electrons. The van der Waals surface area contributed by atoms with E-state index in [-0.39, 0.29) is 0 Å². The van der Waals surface area contributed by atoms with Crippen molar-refractivity contribution in [1.82, 2.24) is 20.1 Å². The lowest BCUT2D eigenvalue weighted by Crippen LogP contribution is -2.17. The van der Waals surface area contributed by atoms with Gasteiger partial charge in [-0.3, -0.25) is 0 Å². The Labute approximate surface area is 105 Å². The smallest absolute Gasteiger partial charge is 0.210 e. The molecular weight excluding hydrogens is 232 g/mol. The number of aryl methyl sites for hydroxylation is 1. The van der Waals surface area contributed by atoms with E-state index >= 15 is 0 Å². The lowest BCUT2D eigenvalue weighted by molar-refractivity contribution is 0.645. The fraction of sp³-hybridized carbons (Fsp3) is 0.500. The molecular formula is C12H16N4S. The van der Waals surface area contributed by atoms with Gasteiger partial charge in [0.2, 0.25) is 5.13 Å². The SMILES string of the molecule is c1csc(-n2cc(CCCNC3CC3)cn2)n1. The highest BCUT2D eigenvalue weighted by Crippen LogP contribution is 2.18. The third kappa shape index (κ3) is 2.92. The van der Waals surface area contributed by atoms with Crippen LogP contribution in [0.4, 0.5) is 0 Å². The quantitative estimate of drug-likeness (QED) is 0.795. The first-order valence-corrected chi connectivity index (χ1v) is 6.96. The summed E-state index contributed by atoms with van der Waals surface area (Å²) in [6.45, 7) is 1.12. The van der Waals surface area contributed by atoms with Crippen LogP contribution in [0, 0.1) is 0 Å². The molecule has 1 aliphatic rings. The van der Waals surface area contributed by atoms with Crippen LogP contribution in [0.5, 0.6) is 0 Å². The highest BCUT2D eigenvalue weighted by atomic mass is 32.1. The van der Waals surface area contributed by atoms with E-state index in [1.807, 2.05) is 16.3 Å². The van der Waals surface area contributed by atoms with E-state index in [4.69, 9.17) is 0 Å². The molecule has 4 nitrogen and oxygen atoms in total. The van der Waals surface area contributed by atoms with Gasteiger partial charge in [0.05, 0.1) is 6.20 Å². The van der Waals surface area contributed by atoms with Crippen molar-refractivity contribution in [3.8, 4) is 5.13 Å². The van der Waals surface area contributed by atoms with Gasteiger partial charge in [0, 0.05) is 23.8 Å². The molecule has 0 unspecified atom stereocenters. The molecule has 17 heavy (non-hydrogen) atoms. The van der Waals surface area contributed by atoms with Crippen molar-refractivity contribution in [2.24, 2.45) is 0 Å². The molecule has 3 rings (SSSR count). The number of aromatic nitrogens is 3. The highest BCUT2D eigenvalue weighted by molar-refractivity contribution is 7.12. The van der Waals surface area contributed by atoms with Crippen molar-refractivity contribution in [3.05, 3.63) is 29.5 Å². The molecule has 1 fully saturated rings. The Balaban J connectivity index is 1.50. The van der Waals surface area contributed by atoms with Crippen LogP contribution < -0.4 is 5.32 Å². The number of nitrogens with zero attached hydrogens (tertiary/aromatic N) is 3. The molecule has 0 atom stereocenters. The highest BCUT2D eigenvalue weighted by Gasteiger charge is 2.19. The number of thiazole rings is 1. The number of hydrogen-bond donors (Lipinski definition) is 1. The van der Waals surface area contributed by atoms with Gasteiger partial charge in [0.15, 0.2) is 0 Å². The summed E-state index contributed by atoms with van der Waals surface area (Å²) in [6.07, 6.45) is 10.8. The summed E-state index contributed by atoms with van der Waals surface area (Å²) in [5.41, 5.74) is 1.29. The normalized spacial score (nSPS) is 15.3. The van der Waals surface area contributed by atoms with E-state index in [1.54, 1.807) is 17.5 Å². The summed E-state index contributed by atoms with van der Waals surface area (Å²) in [6, 6.07) is 0.813. The lowest BCUT2D eigenvalue weighted by Gasteiger charge is -2.00. The Morgan fingerprint density at radius 2 is 2.41 bits per heavy atom. The minimum Gasteiger partial charge on any atom is -0.314 e. The molecule has 2 heterocycles. The third-order valence-corrected chi connectivity index (χ3v) is 3.67. The van der Waals surface area contributed by atoms with Crippen molar-refractivity contribution < 1.29 is 0 Å². The zero-order valence-electron chi connectivity index (χ0n) is 9.67. The molecule has 0 aliphatic heterocycles. The molecule has 0 saturated heterocycles. The van der Waals surface area contributed by atoms with E-state index < -0.39 is 0 Å². The van der Waals surface area contributed by atoms with Crippen molar-refractivity contribution in [2.45, 2.75) is 31.7 Å². The molecule has 0 bridgehead atoms. The molecule has 0 aromatic carbocycles. The third-order valence-electron chi connectivity index (χ3n) is 2.90. The topological polar surface area (TPSA) is 42.7 Å². The molecule has 90 valence electrons. The molecule has 0 spiro atoms. The summed E-state index contributed by atoms with van der Waals surface area (Å²) in [4.78, 5) is 4.23. The molecule has 2 aromatic heterocycles. The second-order valence-corrected chi connectivity index (χ2v) is 5.31. The first-order chi connectivity index (χ1) is 8.42. The minimum absolute atomic E-state index is 0.813. The molecule has 1 N–H and O–H groups in total. The number of hydrogen-bond acceptors (Lipinski definition) is 4. The molecule has 5 heteroatoms. The second kappa shape index (κ2) is 4.98. The standard InChI is InChI=1S/C12H16N4S/c1(5-13-11-3-4-11)2-10-8-15-16(9-10)12-14-6-7-17-12/h6-9,11,13H,1-5H2. The van der Waals surface area contributed by atoms with Crippen LogP contribution in [0.1, 0.15) is 24.8 Å². The van der Waals surface area contributed by atoms with E-state index in [0.29, 0.717) is 0 Å². The lowest BCUT2D eigenvalue weighted by atomic mass is 10.2. The van der Waals surface area contributed by atoms with E-state index in [2.05, 4.69) is 21.6 Å². The summed E-state index contributed by atoms with van der Waals surface area (Å²) >= 11 is 1.61. The van der Waals surface area contributed by atoms with Crippen LogP contribution >= 0.6 is 11.3 Å². The average Bonchev–Trinajstić information content (AvgIpc) is 2.84. The predicted molar refractivity (Wildman–Crippen MR) is 68.6 cm³/mol. The number of nitrogens with one attached hydrogen (secondary N) is 1. The van der Waals surface area contributed by atoms with Gasteiger partial charge in [0.1, 0.15) is 0 Å². The first kappa shape index (κ1) is 10.9. The summed E-state index contributed by atoms with van der Waals surface area (Å²) in [7, 11) is 0. The zero-order valence-corrected chi connectivity index (χ0v) is 10.5. The fourth-order valence-corrected chi connectivity index (χ4v) is 2.38. The van der Waals surface area contributed by atoms with Gasteiger partial charge >= 0.3 is 0 Å². The van der Waals surface area contributed by atoms with Crippen LogP contribution in [-0.4, -0.2) is 27.4 Å². The predicted octanol–water partition coefficient (Wildman–Crippen LogP) is 2.01. The van der Waals surface area contributed by atoms with Crippen molar-refractivity contribution in [2.75, 3.05) is 6.54 Å². The second-order valence-electron chi connectivity index (χ2n) is 4.44. The van der Waals surface area contributed by atoms with Crippen LogP contribution in [0.3, 0.4) is 0 Å². The van der Waals surface area contributed by atoms with Gasteiger partial charge in [-0.25, -0.2) is 9.67 Å². The van der Waals surface area contributed by atoms with E-state index in [9.17, 15) is 0 Å². The summed E-state index contributed by atoms with van der Waals surface area (Å²) in [5.74, 6) is 0. The van der Waals surface area contributed by atoms with Crippen LogP contribution in [0.25, 0.3) is 5.13 Å².